The normalized spacial score (nSPS) is 11.5. The van der Waals surface area contributed by atoms with E-state index < -0.39 is 5.97 Å². The fourth-order valence-electron chi connectivity index (χ4n) is 2.96. The largest absolute Gasteiger partial charge is 0.481 e. The van der Waals surface area contributed by atoms with Crippen molar-refractivity contribution < 1.29 is 14.7 Å². The van der Waals surface area contributed by atoms with E-state index in [4.69, 9.17) is 9.94 Å². The number of fused-ring (bicyclic) bond motifs is 1. The summed E-state index contributed by atoms with van der Waals surface area (Å²) >= 11 is 1.19. The van der Waals surface area contributed by atoms with Crippen LogP contribution in [0.25, 0.3) is 22.0 Å². The average molecular weight is 427 g/mol. The van der Waals surface area contributed by atoms with Crippen LogP contribution in [0, 0.1) is 0 Å². The summed E-state index contributed by atoms with van der Waals surface area (Å²) in [7, 11) is 3.44. The van der Waals surface area contributed by atoms with Gasteiger partial charge in [-0.15, -0.1) is 11.8 Å². The Labute approximate surface area is 177 Å². The molecule has 0 bridgehead atoms. The van der Waals surface area contributed by atoms with Crippen molar-refractivity contribution in [3.05, 3.63) is 48.2 Å². The third-order valence-electron chi connectivity index (χ3n) is 4.23. The molecule has 10 heteroatoms. The number of anilines is 1. The van der Waals surface area contributed by atoms with Crippen LogP contribution in [-0.4, -0.2) is 52.1 Å². The number of aliphatic carboxylic acids is 1. The number of benzene rings is 2. The minimum atomic E-state index is -0.883. The molecule has 3 N–H and O–H groups in total. The van der Waals surface area contributed by atoms with E-state index in [1.54, 1.807) is 0 Å². The predicted octanol–water partition coefficient (Wildman–Crippen LogP) is 2.94. The lowest BCUT2D eigenvalue weighted by Crippen LogP contribution is -2.19. The summed E-state index contributed by atoms with van der Waals surface area (Å²) in [6.45, 7) is 3.47. The van der Waals surface area contributed by atoms with Gasteiger partial charge in [-0.2, -0.15) is 10.2 Å². The number of rotatable bonds is 9. The molecule has 3 rings (SSSR count). The Morgan fingerprint density at radius 3 is 2.87 bits per heavy atom. The molecule has 3 aromatic rings. The van der Waals surface area contributed by atoms with E-state index in [-0.39, 0.29) is 11.6 Å². The van der Waals surface area contributed by atoms with E-state index in [9.17, 15) is 4.79 Å². The van der Waals surface area contributed by atoms with Crippen LogP contribution in [0.5, 0.6) is 0 Å². The monoisotopic (exact) mass is 426 g/mol. The molecule has 0 fully saturated rings. The minimum absolute atomic E-state index is 0.0278. The Morgan fingerprint density at radius 2 is 2.13 bits per heavy atom. The summed E-state index contributed by atoms with van der Waals surface area (Å²) in [5.74, 6) is -0.166. The number of carboxylic acid groups (broad SMARTS) is 1. The second-order valence-corrected chi connectivity index (χ2v) is 7.25. The van der Waals surface area contributed by atoms with Gasteiger partial charge < -0.3 is 5.11 Å². The lowest BCUT2D eigenvalue weighted by Gasteiger charge is -2.13. The molecule has 0 aliphatic rings. The van der Waals surface area contributed by atoms with Gasteiger partial charge in [0.25, 0.3) is 0 Å². The van der Waals surface area contributed by atoms with Gasteiger partial charge >= 0.3 is 5.97 Å². The highest BCUT2D eigenvalue weighted by Crippen LogP contribution is 2.28. The Bertz CT molecular complexity index is 1100. The Morgan fingerprint density at radius 1 is 1.30 bits per heavy atom. The van der Waals surface area contributed by atoms with Crippen LogP contribution in [0.15, 0.2) is 52.7 Å². The number of aliphatic imine (C=N–C) groups is 1. The smallest absolute Gasteiger partial charge is 0.313 e. The molecular weight excluding hydrogens is 404 g/mol. The zero-order valence-electron chi connectivity index (χ0n) is 16.6. The van der Waals surface area contributed by atoms with Crippen molar-refractivity contribution in [2.24, 2.45) is 17.1 Å². The highest BCUT2D eigenvalue weighted by Gasteiger charge is 2.10. The maximum Gasteiger partial charge on any atom is 0.313 e. The number of aromatic nitrogens is 2. The summed E-state index contributed by atoms with van der Waals surface area (Å²) in [6.07, 6.45) is 1.83. The van der Waals surface area contributed by atoms with Crippen LogP contribution >= 0.6 is 11.8 Å². The van der Waals surface area contributed by atoms with Crippen LogP contribution in [0.3, 0.4) is 0 Å². The Hall–Kier alpha value is -3.37. The molecule has 2 aromatic carbocycles. The number of nitrogens with one attached hydrogen (secondary N) is 2. The molecular formula is C20H22N6O3S. The summed E-state index contributed by atoms with van der Waals surface area (Å²) in [6, 6.07) is 11.9. The van der Waals surface area contributed by atoms with Crippen LogP contribution in [-0.2, 0) is 16.7 Å². The summed E-state index contributed by atoms with van der Waals surface area (Å²) in [5, 5.41) is 17.8. The summed E-state index contributed by atoms with van der Waals surface area (Å²) in [4.78, 5) is 20.2. The molecule has 0 radical (unpaired) electrons. The number of carboxylic acids is 1. The number of amidine groups is 1. The number of hydrogen-bond donors (Lipinski definition) is 3. The van der Waals surface area contributed by atoms with Crippen LogP contribution in [0.2, 0.25) is 0 Å². The second kappa shape index (κ2) is 9.90. The molecule has 0 amide bonds. The lowest BCUT2D eigenvalue weighted by molar-refractivity contribution is -0.133. The van der Waals surface area contributed by atoms with E-state index >= 15 is 0 Å². The van der Waals surface area contributed by atoms with Gasteiger partial charge in [0.1, 0.15) is 5.84 Å². The molecule has 0 aliphatic heterocycles. The van der Waals surface area contributed by atoms with Crippen molar-refractivity contribution in [3.63, 3.8) is 0 Å². The first-order chi connectivity index (χ1) is 14.5. The highest BCUT2D eigenvalue weighted by molar-refractivity contribution is 7.99. The standard InChI is InChI=1S/C20H22N6O3S/c1-21-24-20(22-12-30-11-19(27)28)15-7-14(8-17(9-15)25-29-3)13-4-5-18-16(6-13)10-23-26(18)2/h4-10,25H,1,11-12H2,2-3H3,(H,22,24)(H,27,28). The number of thioether (sulfide) groups is 1. The minimum Gasteiger partial charge on any atom is -0.481 e. The SMILES string of the molecule is C=NN/C(=N\CSCC(=O)O)c1cc(NOC)cc(-c2ccc3c(cnn3C)c2)c1. The van der Waals surface area contributed by atoms with Crippen LogP contribution in [0.1, 0.15) is 5.56 Å². The van der Waals surface area contributed by atoms with Gasteiger partial charge in [0, 0.05) is 24.7 Å². The van der Waals surface area contributed by atoms with Gasteiger partial charge in [-0.25, -0.2) is 0 Å². The fourth-order valence-corrected chi connectivity index (χ4v) is 3.45. The van der Waals surface area contributed by atoms with Gasteiger partial charge in [-0.05, 0) is 41.5 Å². The molecule has 0 atom stereocenters. The summed E-state index contributed by atoms with van der Waals surface area (Å²) < 4.78 is 1.83. The first-order valence-corrected chi connectivity index (χ1v) is 10.1. The van der Waals surface area contributed by atoms with Gasteiger partial charge in [-0.1, -0.05) is 6.07 Å². The van der Waals surface area contributed by atoms with Crippen molar-refractivity contribution in [1.29, 1.82) is 0 Å². The average Bonchev–Trinajstić information content (AvgIpc) is 3.10. The van der Waals surface area contributed by atoms with Gasteiger partial charge in [-0.3, -0.25) is 30.2 Å². The van der Waals surface area contributed by atoms with E-state index in [2.05, 4.69) is 38.9 Å². The number of carbonyl (C=O) groups is 1. The van der Waals surface area contributed by atoms with Crippen molar-refractivity contribution in [2.45, 2.75) is 0 Å². The zero-order valence-corrected chi connectivity index (χ0v) is 17.4. The topological polar surface area (TPSA) is 113 Å². The van der Waals surface area contributed by atoms with Gasteiger partial charge in [0.2, 0.25) is 0 Å². The van der Waals surface area contributed by atoms with E-state index in [1.807, 2.05) is 48.3 Å². The van der Waals surface area contributed by atoms with Crippen LogP contribution in [0.4, 0.5) is 5.69 Å². The Balaban J connectivity index is 2.00. The number of hydrazone groups is 1. The third-order valence-corrected chi connectivity index (χ3v) is 4.99. The molecule has 0 saturated heterocycles. The molecule has 0 saturated carbocycles. The van der Waals surface area contributed by atoms with E-state index in [1.165, 1.54) is 18.9 Å². The van der Waals surface area contributed by atoms with Crippen molar-refractivity contribution in [3.8, 4) is 11.1 Å². The third kappa shape index (κ3) is 5.16. The number of aryl methyl sites for hydroxylation is 1. The van der Waals surface area contributed by atoms with Crippen molar-refractivity contribution in [2.75, 3.05) is 24.2 Å². The maximum atomic E-state index is 10.7. The molecule has 156 valence electrons. The Kier molecular flexibility index (Phi) is 7.04. The summed E-state index contributed by atoms with van der Waals surface area (Å²) in [5.41, 5.74) is 10.1. The fraction of sp³-hybridized carbons (Fsp3) is 0.200. The van der Waals surface area contributed by atoms with Gasteiger partial charge in [0.15, 0.2) is 0 Å². The maximum absolute atomic E-state index is 10.7. The molecule has 1 heterocycles. The van der Waals surface area contributed by atoms with Crippen LogP contribution < -0.4 is 10.9 Å². The quantitative estimate of drug-likeness (QED) is 0.209. The number of nitrogens with zero attached hydrogens (tertiary/aromatic N) is 4. The predicted molar refractivity (Wildman–Crippen MR) is 121 cm³/mol. The molecule has 0 spiro atoms. The zero-order chi connectivity index (χ0) is 21.5. The number of hydrogen-bond acceptors (Lipinski definition) is 7. The highest BCUT2D eigenvalue weighted by atomic mass is 32.2. The molecule has 9 nitrogen and oxygen atoms in total. The first kappa shape index (κ1) is 21.3. The van der Waals surface area contributed by atoms with Crippen molar-refractivity contribution >= 4 is 46.9 Å². The molecule has 1 aromatic heterocycles. The van der Waals surface area contributed by atoms with E-state index in [0.29, 0.717) is 5.84 Å². The van der Waals surface area contributed by atoms with Crippen molar-refractivity contribution in [1.82, 2.24) is 15.2 Å². The molecule has 0 unspecified atom stereocenters. The van der Waals surface area contributed by atoms with Gasteiger partial charge in [0.05, 0.1) is 36.1 Å². The molecule has 0 aliphatic carbocycles. The lowest BCUT2D eigenvalue weighted by atomic mass is 10.0. The van der Waals surface area contributed by atoms with E-state index in [0.717, 1.165) is 33.3 Å². The second-order valence-electron chi connectivity index (χ2n) is 6.29. The first-order valence-electron chi connectivity index (χ1n) is 8.94. The molecule has 30 heavy (non-hydrogen) atoms.